The Hall–Kier alpha value is -2.69. The van der Waals surface area contributed by atoms with E-state index in [0.29, 0.717) is 18.3 Å². The number of nitrogens with one attached hydrogen (secondary N) is 1. The molecule has 0 spiro atoms. The van der Waals surface area contributed by atoms with E-state index in [1.54, 1.807) is 42.0 Å². The van der Waals surface area contributed by atoms with Crippen molar-refractivity contribution < 1.29 is 17.9 Å². The number of benzene rings is 2. The number of nitrogens with zero attached hydrogens (tertiary/aromatic N) is 3. The number of carbonyl (C=O) groups is 1. The number of carbonyl (C=O) groups excluding carboxylic acids is 1. The molecule has 1 N–H and O–H groups in total. The minimum atomic E-state index is -3.60. The van der Waals surface area contributed by atoms with Gasteiger partial charge in [0, 0.05) is 19.3 Å². The van der Waals surface area contributed by atoms with E-state index in [2.05, 4.69) is 15.5 Å². The van der Waals surface area contributed by atoms with Crippen LogP contribution in [0.5, 0.6) is 0 Å². The highest BCUT2D eigenvalue weighted by molar-refractivity contribution is 7.99. The van der Waals surface area contributed by atoms with Gasteiger partial charge in [-0.3, -0.25) is 9.36 Å². The first-order valence-electron chi connectivity index (χ1n) is 9.17. The van der Waals surface area contributed by atoms with Crippen LogP contribution in [0.4, 0.5) is 0 Å². The molecule has 0 fully saturated rings. The molecule has 1 amide bonds. The average Bonchev–Trinajstić information content (AvgIpc) is 3.15. The highest BCUT2D eigenvalue weighted by Crippen LogP contribution is 2.24. The summed E-state index contributed by atoms with van der Waals surface area (Å²) in [6, 6.07) is 17.5. The fourth-order valence-corrected chi connectivity index (χ4v) is 4.74. The van der Waals surface area contributed by atoms with E-state index in [1.807, 2.05) is 30.3 Å². The third-order valence-electron chi connectivity index (χ3n) is 4.10. The van der Waals surface area contributed by atoms with Crippen LogP contribution in [0, 0.1) is 0 Å². The molecule has 0 aliphatic heterocycles. The summed E-state index contributed by atoms with van der Waals surface area (Å²) >= 11 is 1.19. The van der Waals surface area contributed by atoms with Crippen molar-refractivity contribution in [3.63, 3.8) is 0 Å². The van der Waals surface area contributed by atoms with E-state index in [0.717, 1.165) is 5.69 Å². The van der Waals surface area contributed by atoms with Gasteiger partial charge < -0.3 is 10.1 Å². The Labute approximate surface area is 179 Å². The first-order valence-corrected chi connectivity index (χ1v) is 11.8. The molecule has 8 nitrogen and oxygen atoms in total. The van der Waals surface area contributed by atoms with Gasteiger partial charge in [0.25, 0.3) is 0 Å². The highest BCUT2D eigenvalue weighted by atomic mass is 32.2. The number of sulfone groups is 1. The van der Waals surface area contributed by atoms with Gasteiger partial charge in [0.2, 0.25) is 5.91 Å². The second-order valence-corrected chi connectivity index (χ2v) is 9.21. The largest absolute Gasteiger partial charge is 0.383 e. The van der Waals surface area contributed by atoms with Gasteiger partial charge in [0.15, 0.2) is 20.8 Å². The van der Waals surface area contributed by atoms with E-state index in [4.69, 9.17) is 4.74 Å². The Kier molecular flexibility index (Phi) is 7.61. The Bertz CT molecular complexity index is 1070. The molecule has 0 bridgehead atoms. The van der Waals surface area contributed by atoms with Gasteiger partial charge in [-0.25, -0.2) is 8.42 Å². The van der Waals surface area contributed by atoms with Crippen LogP contribution in [-0.4, -0.2) is 55.1 Å². The van der Waals surface area contributed by atoms with Crippen LogP contribution >= 0.6 is 11.8 Å². The standard InChI is InChI=1S/C20H22N4O4S2/c1-28-13-12-21-19(25)14-29-20-23-22-18(24(20)16-8-4-2-5-9-16)15-30(26,27)17-10-6-3-7-11-17/h2-11H,12-15H2,1H3,(H,21,25). The summed E-state index contributed by atoms with van der Waals surface area (Å²) in [4.78, 5) is 12.2. The summed E-state index contributed by atoms with van der Waals surface area (Å²) in [7, 11) is -2.04. The molecule has 0 aliphatic rings. The SMILES string of the molecule is COCCNC(=O)CSc1nnc(CS(=O)(=O)c2ccccc2)n1-c1ccccc1. The van der Waals surface area contributed by atoms with Crippen molar-refractivity contribution in [2.75, 3.05) is 26.0 Å². The summed E-state index contributed by atoms with van der Waals surface area (Å²) in [5.41, 5.74) is 0.725. The van der Waals surface area contributed by atoms with Crippen molar-refractivity contribution in [1.82, 2.24) is 20.1 Å². The van der Waals surface area contributed by atoms with Crippen LogP contribution in [0.1, 0.15) is 5.82 Å². The van der Waals surface area contributed by atoms with Crippen molar-refractivity contribution in [3.05, 3.63) is 66.5 Å². The van der Waals surface area contributed by atoms with E-state index >= 15 is 0 Å². The van der Waals surface area contributed by atoms with Gasteiger partial charge in [0.1, 0.15) is 5.75 Å². The lowest BCUT2D eigenvalue weighted by Gasteiger charge is -2.11. The van der Waals surface area contributed by atoms with E-state index in [9.17, 15) is 13.2 Å². The number of thioether (sulfide) groups is 1. The molecule has 1 aromatic heterocycles. The molecule has 10 heteroatoms. The summed E-state index contributed by atoms with van der Waals surface area (Å²) in [6.07, 6.45) is 0. The van der Waals surface area contributed by atoms with Crippen LogP contribution in [0.3, 0.4) is 0 Å². The third kappa shape index (κ3) is 5.68. The maximum atomic E-state index is 12.8. The van der Waals surface area contributed by atoms with Gasteiger partial charge in [-0.1, -0.05) is 48.2 Å². The molecule has 0 radical (unpaired) electrons. The highest BCUT2D eigenvalue weighted by Gasteiger charge is 2.22. The molecule has 1 heterocycles. The predicted molar refractivity (Wildman–Crippen MR) is 114 cm³/mol. The molecule has 0 unspecified atom stereocenters. The van der Waals surface area contributed by atoms with Crippen molar-refractivity contribution in [1.29, 1.82) is 0 Å². The molecule has 30 heavy (non-hydrogen) atoms. The summed E-state index contributed by atoms with van der Waals surface area (Å²) in [5.74, 6) is -0.0648. The minimum absolute atomic E-state index is 0.125. The zero-order valence-electron chi connectivity index (χ0n) is 16.4. The lowest BCUT2D eigenvalue weighted by Crippen LogP contribution is -2.28. The number of hydrogen-bond donors (Lipinski definition) is 1. The monoisotopic (exact) mass is 446 g/mol. The molecule has 0 saturated carbocycles. The third-order valence-corrected chi connectivity index (χ3v) is 6.65. The number of hydrogen-bond acceptors (Lipinski definition) is 7. The molecule has 158 valence electrons. The molecular weight excluding hydrogens is 424 g/mol. The number of ether oxygens (including phenoxy) is 1. The summed E-state index contributed by atoms with van der Waals surface area (Å²) in [6.45, 7) is 0.847. The van der Waals surface area contributed by atoms with Crippen molar-refractivity contribution >= 4 is 27.5 Å². The zero-order valence-corrected chi connectivity index (χ0v) is 18.0. The van der Waals surface area contributed by atoms with Crippen molar-refractivity contribution in [2.45, 2.75) is 15.8 Å². The molecule has 0 saturated heterocycles. The van der Waals surface area contributed by atoms with Crippen LogP contribution < -0.4 is 5.32 Å². The molecule has 2 aromatic carbocycles. The Morgan fingerprint density at radius 3 is 2.40 bits per heavy atom. The van der Waals surface area contributed by atoms with E-state index in [-0.39, 0.29) is 28.1 Å². The normalized spacial score (nSPS) is 11.4. The molecule has 0 aliphatic carbocycles. The lowest BCUT2D eigenvalue weighted by molar-refractivity contribution is -0.118. The van der Waals surface area contributed by atoms with Crippen LogP contribution in [0.2, 0.25) is 0 Å². The number of methoxy groups -OCH3 is 1. The van der Waals surface area contributed by atoms with E-state index in [1.165, 1.54) is 11.8 Å². The zero-order chi connectivity index (χ0) is 21.4. The van der Waals surface area contributed by atoms with Crippen LogP contribution in [-0.2, 0) is 25.1 Å². The molecule has 3 rings (SSSR count). The number of para-hydroxylation sites is 1. The minimum Gasteiger partial charge on any atom is -0.383 e. The Balaban J connectivity index is 1.85. The topological polar surface area (TPSA) is 103 Å². The average molecular weight is 447 g/mol. The number of rotatable bonds is 10. The Morgan fingerprint density at radius 2 is 1.73 bits per heavy atom. The predicted octanol–water partition coefficient (Wildman–Crippen LogP) is 2.10. The fraction of sp³-hybridized carbons (Fsp3) is 0.250. The quantitative estimate of drug-likeness (QED) is 0.376. The maximum absolute atomic E-state index is 12.8. The summed E-state index contributed by atoms with van der Waals surface area (Å²) in [5, 5.41) is 11.5. The van der Waals surface area contributed by atoms with Gasteiger partial charge in [-0.2, -0.15) is 0 Å². The second kappa shape index (κ2) is 10.4. The van der Waals surface area contributed by atoms with Gasteiger partial charge in [0.05, 0.1) is 17.3 Å². The number of aromatic nitrogens is 3. The van der Waals surface area contributed by atoms with Gasteiger partial charge in [-0.05, 0) is 24.3 Å². The smallest absolute Gasteiger partial charge is 0.230 e. The Morgan fingerprint density at radius 1 is 1.07 bits per heavy atom. The van der Waals surface area contributed by atoms with Crippen molar-refractivity contribution in [2.24, 2.45) is 0 Å². The molecule has 0 atom stereocenters. The first kappa shape index (κ1) is 22.0. The molecule has 3 aromatic rings. The first-order chi connectivity index (χ1) is 14.5. The lowest BCUT2D eigenvalue weighted by atomic mass is 10.3. The van der Waals surface area contributed by atoms with Crippen LogP contribution in [0.15, 0.2) is 70.7 Å². The maximum Gasteiger partial charge on any atom is 0.230 e. The fourth-order valence-electron chi connectivity index (χ4n) is 2.68. The number of amides is 1. The second-order valence-electron chi connectivity index (χ2n) is 6.27. The summed E-state index contributed by atoms with van der Waals surface area (Å²) < 4.78 is 32.3. The van der Waals surface area contributed by atoms with Crippen molar-refractivity contribution in [3.8, 4) is 5.69 Å². The van der Waals surface area contributed by atoms with Crippen LogP contribution in [0.25, 0.3) is 5.69 Å². The van der Waals surface area contributed by atoms with E-state index < -0.39 is 9.84 Å². The van der Waals surface area contributed by atoms with Gasteiger partial charge >= 0.3 is 0 Å². The molecular formula is C20H22N4O4S2. The van der Waals surface area contributed by atoms with Gasteiger partial charge in [-0.15, -0.1) is 10.2 Å².